The molecule has 2 heterocycles. The van der Waals surface area contributed by atoms with Crippen LogP contribution in [-0.4, -0.2) is 15.2 Å². The fourth-order valence-electron chi connectivity index (χ4n) is 2.11. The summed E-state index contributed by atoms with van der Waals surface area (Å²) in [7, 11) is 0. The number of carbonyl (C=O) groups is 1. The number of azo groups is 1. The molecule has 0 N–H and O–H groups in total. The average molecular weight is 278 g/mol. The maximum Gasteiger partial charge on any atom is 0.182 e. The molecule has 0 bridgehead atoms. The topological polar surface area (TPSA) is 59.1 Å². The molecule has 2 aromatic heterocycles. The Hall–Kier alpha value is -2.82. The Kier molecular flexibility index (Phi) is 3.31. The van der Waals surface area contributed by atoms with Gasteiger partial charge in [0.2, 0.25) is 0 Å². The van der Waals surface area contributed by atoms with Gasteiger partial charge in [-0.1, -0.05) is 18.2 Å². The van der Waals surface area contributed by atoms with E-state index >= 15 is 0 Å². The van der Waals surface area contributed by atoms with Crippen LogP contribution >= 0.6 is 0 Å². The van der Waals surface area contributed by atoms with Gasteiger partial charge in [-0.25, -0.2) is 4.98 Å². The zero-order valence-electron chi connectivity index (χ0n) is 11.8. The minimum Gasteiger partial charge on any atom is -0.295 e. The van der Waals surface area contributed by atoms with Crippen LogP contribution < -0.4 is 0 Å². The van der Waals surface area contributed by atoms with Gasteiger partial charge in [-0.05, 0) is 38.1 Å². The molecule has 0 spiro atoms. The summed E-state index contributed by atoms with van der Waals surface area (Å²) in [6.45, 7) is 3.43. The lowest BCUT2D eigenvalue weighted by Crippen LogP contribution is -1.89. The minimum absolute atomic E-state index is 0.0121. The molecule has 0 saturated carbocycles. The monoisotopic (exact) mass is 278 g/mol. The van der Waals surface area contributed by atoms with Gasteiger partial charge in [0.25, 0.3) is 0 Å². The highest BCUT2D eigenvalue weighted by atomic mass is 16.1. The van der Waals surface area contributed by atoms with Crippen LogP contribution in [0.15, 0.2) is 58.9 Å². The van der Waals surface area contributed by atoms with Gasteiger partial charge in [-0.3, -0.25) is 9.20 Å². The van der Waals surface area contributed by atoms with Crippen molar-refractivity contribution in [1.29, 1.82) is 0 Å². The van der Waals surface area contributed by atoms with E-state index < -0.39 is 0 Å². The van der Waals surface area contributed by atoms with Gasteiger partial charge in [0, 0.05) is 11.8 Å². The summed E-state index contributed by atoms with van der Waals surface area (Å²) >= 11 is 0. The summed E-state index contributed by atoms with van der Waals surface area (Å²) in [5, 5.41) is 8.49. The van der Waals surface area contributed by atoms with E-state index in [1.54, 1.807) is 18.2 Å². The first-order valence-electron chi connectivity index (χ1n) is 6.61. The normalized spacial score (nSPS) is 11.3. The summed E-state index contributed by atoms with van der Waals surface area (Å²) in [4.78, 5) is 15.8. The second kappa shape index (κ2) is 5.28. The zero-order chi connectivity index (χ0) is 14.8. The van der Waals surface area contributed by atoms with Crippen molar-refractivity contribution in [2.75, 3.05) is 0 Å². The molecule has 5 heteroatoms. The van der Waals surface area contributed by atoms with Crippen LogP contribution in [0, 0.1) is 6.92 Å². The van der Waals surface area contributed by atoms with Crippen molar-refractivity contribution in [3.8, 4) is 0 Å². The second-order valence-electron chi connectivity index (χ2n) is 4.76. The number of ketones is 1. The van der Waals surface area contributed by atoms with Gasteiger partial charge in [0.05, 0.1) is 11.4 Å². The third-order valence-corrected chi connectivity index (χ3v) is 3.19. The van der Waals surface area contributed by atoms with E-state index in [0.29, 0.717) is 17.1 Å². The zero-order valence-corrected chi connectivity index (χ0v) is 11.8. The first-order valence-corrected chi connectivity index (χ1v) is 6.61. The lowest BCUT2D eigenvalue weighted by atomic mass is 10.1. The van der Waals surface area contributed by atoms with Crippen molar-refractivity contribution >= 4 is 22.9 Å². The van der Waals surface area contributed by atoms with E-state index in [1.807, 2.05) is 41.8 Å². The van der Waals surface area contributed by atoms with Gasteiger partial charge >= 0.3 is 0 Å². The quantitative estimate of drug-likeness (QED) is 0.531. The average Bonchev–Trinajstić information content (AvgIpc) is 2.81. The smallest absolute Gasteiger partial charge is 0.182 e. The molecule has 0 saturated heterocycles. The van der Waals surface area contributed by atoms with Gasteiger partial charge in [-0.2, -0.15) is 0 Å². The third-order valence-electron chi connectivity index (χ3n) is 3.19. The van der Waals surface area contributed by atoms with Crippen molar-refractivity contribution in [2.45, 2.75) is 13.8 Å². The van der Waals surface area contributed by atoms with Crippen molar-refractivity contribution in [2.24, 2.45) is 10.2 Å². The van der Waals surface area contributed by atoms with Crippen LogP contribution in [0.5, 0.6) is 0 Å². The fourth-order valence-corrected chi connectivity index (χ4v) is 2.11. The number of aromatic nitrogens is 2. The largest absolute Gasteiger partial charge is 0.295 e. The maximum absolute atomic E-state index is 11.4. The molecular formula is C16H14N4O. The molecule has 0 amide bonds. The number of pyridine rings is 1. The highest BCUT2D eigenvalue weighted by Gasteiger charge is 2.07. The van der Waals surface area contributed by atoms with Crippen molar-refractivity contribution < 1.29 is 4.79 Å². The Labute approximate surface area is 122 Å². The Morgan fingerprint density at radius 3 is 2.81 bits per heavy atom. The number of fused-ring (bicyclic) bond motifs is 1. The van der Waals surface area contributed by atoms with Crippen LogP contribution in [0.2, 0.25) is 0 Å². The summed E-state index contributed by atoms with van der Waals surface area (Å²) < 4.78 is 1.88. The Balaban J connectivity index is 2.00. The van der Waals surface area contributed by atoms with E-state index in [4.69, 9.17) is 0 Å². The third kappa shape index (κ3) is 2.58. The van der Waals surface area contributed by atoms with E-state index in [2.05, 4.69) is 15.2 Å². The number of imidazole rings is 1. The van der Waals surface area contributed by atoms with Crippen LogP contribution in [-0.2, 0) is 0 Å². The predicted molar refractivity (Wildman–Crippen MR) is 80.6 cm³/mol. The standard InChI is InChI=1S/C16H14N4O/c1-11-16(20-9-4-3-8-15(20)17-11)19-18-14-7-5-6-13(10-14)12(2)21/h3-10H,1-2H3. The Morgan fingerprint density at radius 2 is 2.00 bits per heavy atom. The molecule has 3 rings (SSSR count). The Bertz CT molecular complexity index is 848. The van der Waals surface area contributed by atoms with E-state index in [-0.39, 0.29) is 5.78 Å². The first-order chi connectivity index (χ1) is 10.1. The van der Waals surface area contributed by atoms with E-state index in [1.165, 1.54) is 6.92 Å². The van der Waals surface area contributed by atoms with Crippen LogP contribution in [0.3, 0.4) is 0 Å². The number of rotatable bonds is 3. The number of hydrogen-bond acceptors (Lipinski definition) is 4. The predicted octanol–water partition coefficient (Wildman–Crippen LogP) is 4.26. The maximum atomic E-state index is 11.4. The molecule has 104 valence electrons. The Morgan fingerprint density at radius 1 is 1.14 bits per heavy atom. The van der Waals surface area contributed by atoms with Crippen molar-refractivity contribution in [3.05, 3.63) is 59.9 Å². The van der Waals surface area contributed by atoms with E-state index in [0.717, 1.165) is 11.3 Å². The lowest BCUT2D eigenvalue weighted by molar-refractivity contribution is 0.101. The summed E-state index contributed by atoms with van der Waals surface area (Å²) in [6.07, 6.45) is 1.90. The first kappa shape index (κ1) is 13.2. The molecule has 1 aromatic carbocycles. The van der Waals surface area contributed by atoms with Crippen molar-refractivity contribution in [3.63, 3.8) is 0 Å². The molecule has 0 aliphatic heterocycles. The van der Waals surface area contributed by atoms with E-state index in [9.17, 15) is 4.79 Å². The SMILES string of the molecule is CC(=O)c1cccc(N=Nc2c(C)nc3ccccn23)c1. The number of Topliss-reactive ketones (excluding diaryl/α,β-unsaturated/α-hetero) is 1. The van der Waals surface area contributed by atoms with Crippen LogP contribution in [0.1, 0.15) is 23.0 Å². The number of carbonyl (C=O) groups excluding carboxylic acids is 1. The summed E-state index contributed by atoms with van der Waals surface area (Å²) in [5.74, 6) is 0.705. The highest BCUT2D eigenvalue weighted by molar-refractivity contribution is 5.94. The minimum atomic E-state index is 0.0121. The molecule has 0 radical (unpaired) electrons. The number of aryl methyl sites for hydroxylation is 1. The fraction of sp³-hybridized carbons (Fsp3) is 0.125. The molecule has 0 atom stereocenters. The van der Waals surface area contributed by atoms with Gasteiger partial charge < -0.3 is 0 Å². The number of benzene rings is 1. The molecule has 0 aliphatic rings. The van der Waals surface area contributed by atoms with Gasteiger partial charge in [0.1, 0.15) is 5.65 Å². The van der Waals surface area contributed by atoms with Crippen LogP contribution in [0.4, 0.5) is 11.5 Å². The molecular weight excluding hydrogens is 264 g/mol. The molecule has 3 aromatic rings. The lowest BCUT2D eigenvalue weighted by Gasteiger charge is -1.98. The van der Waals surface area contributed by atoms with Crippen molar-refractivity contribution in [1.82, 2.24) is 9.38 Å². The van der Waals surface area contributed by atoms with Crippen LogP contribution in [0.25, 0.3) is 5.65 Å². The molecule has 21 heavy (non-hydrogen) atoms. The van der Waals surface area contributed by atoms with Gasteiger partial charge in [0.15, 0.2) is 11.6 Å². The molecule has 0 unspecified atom stereocenters. The molecule has 0 aliphatic carbocycles. The molecule has 5 nitrogen and oxygen atoms in total. The summed E-state index contributed by atoms with van der Waals surface area (Å²) in [5.41, 5.74) is 2.92. The second-order valence-corrected chi connectivity index (χ2v) is 4.76. The number of nitrogens with zero attached hydrogens (tertiary/aromatic N) is 4. The number of hydrogen-bond donors (Lipinski definition) is 0. The van der Waals surface area contributed by atoms with Gasteiger partial charge in [-0.15, -0.1) is 10.2 Å². The highest BCUT2D eigenvalue weighted by Crippen LogP contribution is 2.23. The molecule has 0 fully saturated rings. The summed E-state index contributed by atoms with van der Waals surface area (Å²) in [6, 6.07) is 12.9.